The fourth-order valence-corrected chi connectivity index (χ4v) is 2.69. The molecule has 9 nitrogen and oxygen atoms in total. The Hall–Kier alpha value is -2.88. The van der Waals surface area contributed by atoms with Crippen LogP contribution in [0.15, 0.2) is 33.9 Å². The van der Waals surface area contributed by atoms with Crippen molar-refractivity contribution in [3.05, 3.63) is 30.1 Å². The number of benzene rings is 1. The lowest BCUT2D eigenvalue weighted by atomic mass is 10.3. The van der Waals surface area contributed by atoms with E-state index in [0.29, 0.717) is 22.6 Å². The molecule has 0 fully saturated rings. The summed E-state index contributed by atoms with van der Waals surface area (Å²) in [5.74, 6) is 0.876. The standard InChI is InChI=1S/C16H18N6O3S/c1-22(2)14-19-12(20-15(21-14)24-3)8-17-13(23)9-26-16-18-10-6-4-5-7-11(10)25-16/h4-7H,8-9H2,1-3H3,(H,17,23). The minimum Gasteiger partial charge on any atom is -0.467 e. The number of anilines is 1. The quantitative estimate of drug-likeness (QED) is 0.616. The molecule has 0 unspecified atom stereocenters. The SMILES string of the molecule is COc1nc(CNC(=O)CSc2nc3ccccc3o2)nc(N(C)C)n1. The Balaban J connectivity index is 1.56. The van der Waals surface area contributed by atoms with Crippen molar-refractivity contribution >= 4 is 34.7 Å². The lowest BCUT2D eigenvalue weighted by molar-refractivity contribution is -0.118. The Kier molecular flexibility index (Phi) is 5.52. The van der Waals surface area contributed by atoms with Crippen LogP contribution in [0.2, 0.25) is 0 Å². The van der Waals surface area contributed by atoms with Gasteiger partial charge in [0.05, 0.1) is 19.4 Å². The van der Waals surface area contributed by atoms with E-state index in [-0.39, 0.29) is 24.2 Å². The van der Waals surface area contributed by atoms with E-state index in [0.717, 1.165) is 5.52 Å². The highest BCUT2D eigenvalue weighted by molar-refractivity contribution is 7.99. The molecule has 0 bridgehead atoms. The summed E-state index contributed by atoms with van der Waals surface area (Å²) < 4.78 is 10.6. The maximum absolute atomic E-state index is 12.1. The number of para-hydroxylation sites is 2. The number of methoxy groups -OCH3 is 1. The first-order chi connectivity index (χ1) is 12.5. The van der Waals surface area contributed by atoms with Gasteiger partial charge < -0.3 is 19.4 Å². The number of amides is 1. The van der Waals surface area contributed by atoms with Gasteiger partial charge in [-0.2, -0.15) is 15.0 Å². The van der Waals surface area contributed by atoms with Gasteiger partial charge in [0.25, 0.3) is 5.22 Å². The molecule has 3 aromatic rings. The van der Waals surface area contributed by atoms with Crippen molar-refractivity contribution in [2.45, 2.75) is 11.8 Å². The minimum absolute atomic E-state index is 0.173. The number of ether oxygens (including phenoxy) is 1. The van der Waals surface area contributed by atoms with Crippen molar-refractivity contribution in [2.24, 2.45) is 0 Å². The maximum Gasteiger partial charge on any atom is 0.321 e. The maximum atomic E-state index is 12.1. The number of aromatic nitrogens is 4. The van der Waals surface area contributed by atoms with Crippen LogP contribution in [0.1, 0.15) is 5.82 Å². The Labute approximate surface area is 154 Å². The fraction of sp³-hybridized carbons (Fsp3) is 0.312. The number of fused-ring (bicyclic) bond motifs is 1. The molecule has 0 aliphatic carbocycles. The minimum atomic E-state index is -0.178. The van der Waals surface area contributed by atoms with Crippen LogP contribution >= 0.6 is 11.8 Å². The molecule has 1 N–H and O–H groups in total. The van der Waals surface area contributed by atoms with Crippen LogP contribution in [0.5, 0.6) is 6.01 Å². The van der Waals surface area contributed by atoms with E-state index in [4.69, 9.17) is 9.15 Å². The average molecular weight is 374 g/mol. The van der Waals surface area contributed by atoms with Gasteiger partial charge in [-0.1, -0.05) is 23.9 Å². The summed E-state index contributed by atoms with van der Waals surface area (Å²) in [5, 5.41) is 3.22. The van der Waals surface area contributed by atoms with Gasteiger partial charge in [0, 0.05) is 14.1 Å². The molecule has 2 aromatic heterocycles. The number of nitrogens with zero attached hydrogens (tertiary/aromatic N) is 5. The second-order valence-corrected chi connectivity index (χ2v) is 6.37. The summed E-state index contributed by atoms with van der Waals surface area (Å²) in [5.41, 5.74) is 1.47. The summed E-state index contributed by atoms with van der Waals surface area (Å²) in [7, 11) is 5.11. The molecule has 0 aliphatic heterocycles. The molecule has 1 aromatic carbocycles. The van der Waals surface area contributed by atoms with E-state index in [1.165, 1.54) is 18.9 Å². The summed E-state index contributed by atoms with van der Waals surface area (Å²) in [4.78, 5) is 30.6. The number of rotatable bonds is 7. The number of nitrogens with one attached hydrogen (secondary N) is 1. The summed E-state index contributed by atoms with van der Waals surface area (Å²) in [6.07, 6.45) is 0. The van der Waals surface area contributed by atoms with Crippen LogP contribution in [-0.2, 0) is 11.3 Å². The Morgan fingerprint density at radius 2 is 2.04 bits per heavy atom. The molecule has 136 valence electrons. The second-order valence-electron chi connectivity index (χ2n) is 5.45. The topological polar surface area (TPSA) is 106 Å². The lowest BCUT2D eigenvalue weighted by Gasteiger charge is -2.12. The van der Waals surface area contributed by atoms with Gasteiger partial charge in [-0.25, -0.2) is 4.98 Å². The molecule has 0 radical (unpaired) electrons. The van der Waals surface area contributed by atoms with Crippen molar-refractivity contribution in [1.82, 2.24) is 25.3 Å². The predicted molar refractivity (Wildman–Crippen MR) is 97.3 cm³/mol. The van der Waals surface area contributed by atoms with Gasteiger partial charge in [-0.3, -0.25) is 4.79 Å². The molecule has 0 aliphatic rings. The molecule has 0 saturated carbocycles. The van der Waals surface area contributed by atoms with Crippen LogP contribution in [-0.4, -0.2) is 52.8 Å². The average Bonchev–Trinajstić information content (AvgIpc) is 3.07. The van der Waals surface area contributed by atoms with E-state index in [1.807, 2.05) is 38.4 Å². The van der Waals surface area contributed by atoms with E-state index in [2.05, 4.69) is 25.3 Å². The molecular weight excluding hydrogens is 356 g/mol. The van der Waals surface area contributed by atoms with Crippen molar-refractivity contribution < 1.29 is 13.9 Å². The fourth-order valence-electron chi connectivity index (χ4n) is 2.03. The zero-order chi connectivity index (χ0) is 18.5. The zero-order valence-electron chi connectivity index (χ0n) is 14.6. The largest absolute Gasteiger partial charge is 0.467 e. The Bertz CT molecular complexity index is 881. The third-order valence-electron chi connectivity index (χ3n) is 3.28. The van der Waals surface area contributed by atoms with Crippen LogP contribution in [0.3, 0.4) is 0 Å². The highest BCUT2D eigenvalue weighted by atomic mass is 32.2. The third-order valence-corrected chi connectivity index (χ3v) is 4.10. The molecule has 1 amide bonds. The molecule has 26 heavy (non-hydrogen) atoms. The number of thioether (sulfide) groups is 1. The van der Waals surface area contributed by atoms with E-state index >= 15 is 0 Å². The smallest absolute Gasteiger partial charge is 0.321 e. The third kappa shape index (κ3) is 4.39. The summed E-state index contributed by atoms with van der Waals surface area (Å²) in [6.45, 7) is 0.173. The molecule has 0 atom stereocenters. The highest BCUT2D eigenvalue weighted by Crippen LogP contribution is 2.22. The van der Waals surface area contributed by atoms with E-state index < -0.39 is 0 Å². The van der Waals surface area contributed by atoms with Crippen molar-refractivity contribution in [1.29, 1.82) is 0 Å². The van der Waals surface area contributed by atoms with Crippen molar-refractivity contribution in [2.75, 3.05) is 31.9 Å². The first-order valence-corrected chi connectivity index (χ1v) is 8.75. The number of oxazole rings is 1. The molecule has 0 spiro atoms. The van der Waals surface area contributed by atoms with E-state index in [1.54, 1.807) is 4.90 Å². The lowest BCUT2D eigenvalue weighted by Crippen LogP contribution is -2.26. The van der Waals surface area contributed by atoms with Crippen LogP contribution in [0.4, 0.5) is 5.95 Å². The predicted octanol–water partition coefficient (Wildman–Crippen LogP) is 1.50. The molecule has 2 heterocycles. The first kappa shape index (κ1) is 17.9. The number of hydrogen-bond donors (Lipinski definition) is 1. The Morgan fingerprint density at radius 3 is 2.77 bits per heavy atom. The van der Waals surface area contributed by atoms with Gasteiger partial charge in [-0.15, -0.1) is 0 Å². The van der Waals surface area contributed by atoms with Gasteiger partial charge in [0.1, 0.15) is 5.52 Å². The van der Waals surface area contributed by atoms with Crippen molar-refractivity contribution in [3.8, 4) is 6.01 Å². The van der Waals surface area contributed by atoms with Crippen LogP contribution in [0, 0.1) is 0 Å². The number of carbonyl (C=O) groups excluding carboxylic acids is 1. The van der Waals surface area contributed by atoms with Crippen LogP contribution < -0.4 is 15.0 Å². The second kappa shape index (κ2) is 8.00. The molecular formula is C16H18N6O3S. The molecule has 3 rings (SSSR count). The van der Waals surface area contributed by atoms with Gasteiger partial charge in [0.2, 0.25) is 11.9 Å². The Morgan fingerprint density at radius 1 is 1.23 bits per heavy atom. The number of carbonyl (C=O) groups is 1. The summed E-state index contributed by atoms with van der Waals surface area (Å²) >= 11 is 1.23. The molecule has 10 heteroatoms. The van der Waals surface area contributed by atoms with Gasteiger partial charge in [0.15, 0.2) is 11.4 Å². The van der Waals surface area contributed by atoms with Crippen LogP contribution in [0.25, 0.3) is 11.1 Å². The zero-order valence-corrected chi connectivity index (χ0v) is 15.4. The van der Waals surface area contributed by atoms with E-state index in [9.17, 15) is 4.79 Å². The first-order valence-electron chi connectivity index (χ1n) is 7.76. The normalized spacial score (nSPS) is 10.7. The van der Waals surface area contributed by atoms with Crippen molar-refractivity contribution in [3.63, 3.8) is 0 Å². The summed E-state index contributed by atoms with van der Waals surface area (Å²) in [6, 6.07) is 7.66. The monoisotopic (exact) mass is 374 g/mol. The number of hydrogen-bond acceptors (Lipinski definition) is 9. The van der Waals surface area contributed by atoms with Gasteiger partial charge >= 0.3 is 6.01 Å². The highest BCUT2D eigenvalue weighted by Gasteiger charge is 2.12. The molecule has 0 saturated heterocycles. The van der Waals surface area contributed by atoms with Gasteiger partial charge in [-0.05, 0) is 12.1 Å².